The summed E-state index contributed by atoms with van der Waals surface area (Å²) < 4.78 is 21.4. The standard InChI is InChI=1S/C25H30FN5O2/c1-7-31-18(5)20(17(4)30-31)14-27-25(28-22-12-15(2)8-11-23(22)33-6)29-24(32)19-10-9-16(3)21(26)13-19/h8-13H,7,14H2,1-6H3,(H2,27,28,29,32). The van der Waals surface area contributed by atoms with Crippen LogP contribution >= 0.6 is 0 Å². The molecule has 0 unspecified atom stereocenters. The van der Waals surface area contributed by atoms with Gasteiger partial charge in [0.25, 0.3) is 5.91 Å². The molecule has 174 valence electrons. The Bertz CT molecular complexity index is 1200. The molecule has 0 spiro atoms. The van der Waals surface area contributed by atoms with Gasteiger partial charge in [-0.2, -0.15) is 5.10 Å². The lowest BCUT2D eigenvalue weighted by Gasteiger charge is -2.15. The molecule has 2 N–H and O–H groups in total. The fraction of sp³-hybridized carbons (Fsp3) is 0.320. The van der Waals surface area contributed by atoms with Crippen LogP contribution < -0.4 is 15.4 Å². The molecule has 1 amide bonds. The molecule has 7 nitrogen and oxygen atoms in total. The van der Waals surface area contributed by atoms with Crippen molar-refractivity contribution in [2.75, 3.05) is 12.4 Å². The zero-order valence-corrected chi connectivity index (χ0v) is 19.9. The summed E-state index contributed by atoms with van der Waals surface area (Å²) in [4.78, 5) is 17.5. The zero-order valence-electron chi connectivity index (χ0n) is 19.9. The number of nitrogens with zero attached hydrogens (tertiary/aromatic N) is 3. The van der Waals surface area contributed by atoms with E-state index in [1.54, 1.807) is 26.2 Å². The van der Waals surface area contributed by atoms with Gasteiger partial charge in [-0.3, -0.25) is 14.8 Å². The number of aromatic nitrogens is 2. The fourth-order valence-electron chi connectivity index (χ4n) is 3.50. The minimum absolute atomic E-state index is 0.204. The second-order valence-electron chi connectivity index (χ2n) is 7.88. The number of carbonyl (C=O) groups excluding carboxylic acids is 1. The molecule has 33 heavy (non-hydrogen) atoms. The van der Waals surface area contributed by atoms with Crippen molar-refractivity contribution in [2.45, 2.75) is 47.7 Å². The summed E-state index contributed by atoms with van der Waals surface area (Å²) in [6, 6.07) is 10.0. The van der Waals surface area contributed by atoms with Gasteiger partial charge in [0.1, 0.15) is 11.6 Å². The van der Waals surface area contributed by atoms with Crippen LogP contribution in [0.3, 0.4) is 0 Å². The van der Waals surface area contributed by atoms with Gasteiger partial charge in [0.15, 0.2) is 0 Å². The van der Waals surface area contributed by atoms with Gasteiger partial charge >= 0.3 is 0 Å². The van der Waals surface area contributed by atoms with E-state index in [1.807, 2.05) is 50.6 Å². The highest BCUT2D eigenvalue weighted by atomic mass is 19.1. The highest BCUT2D eigenvalue weighted by Crippen LogP contribution is 2.25. The largest absolute Gasteiger partial charge is 0.495 e. The maximum absolute atomic E-state index is 14.0. The van der Waals surface area contributed by atoms with Crippen molar-refractivity contribution >= 4 is 17.6 Å². The van der Waals surface area contributed by atoms with Crippen molar-refractivity contribution in [2.24, 2.45) is 4.99 Å². The summed E-state index contributed by atoms with van der Waals surface area (Å²) in [6.07, 6.45) is 0. The average molecular weight is 452 g/mol. The molecule has 2 aromatic carbocycles. The highest BCUT2D eigenvalue weighted by Gasteiger charge is 2.15. The van der Waals surface area contributed by atoms with Gasteiger partial charge in [-0.1, -0.05) is 12.1 Å². The molecular weight excluding hydrogens is 421 g/mol. The van der Waals surface area contributed by atoms with Crippen molar-refractivity contribution in [3.63, 3.8) is 0 Å². The number of hydrogen-bond acceptors (Lipinski definition) is 4. The van der Waals surface area contributed by atoms with Gasteiger partial charge in [0, 0.05) is 23.4 Å². The predicted octanol–water partition coefficient (Wildman–Crippen LogP) is 4.68. The summed E-state index contributed by atoms with van der Waals surface area (Å²) >= 11 is 0. The number of anilines is 1. The van der Waals surface area contributed by atoms with Crippen LogP contribution in [0.1, 0.15) is 45.4 Å². The van der Waals surface area contributed by atoms with E-state index in [0.29, 0.717) is 23.5 Å². The maximum atomic E-state index is 14.0. The van der Waals surface area contributed by atoms with Crippen LogP contribution in [-0.2, 0) is 13.1 Å². The number of benzene rings is 2. The minimum Gasteiger partial charge on any atom is -0.495 e. The van der Waals surface area contributed by atoms with Gasteiger partial charge < -0.3 is 10.1 Å². The lowest BCUT2D eigenvalue weighted by Crippen LogP contribution is -2.36. The number of aliphatic imine (C=N–C) groups is 1. The Morgan fingerprint density at radius 3 is 2.55 bits per heavy atom. The van der Waals surface area contributed by atoms with Gasteiger partial charge in [-0.05, 0) is 70.0 Å². The first-order valence-corrected chi connectivity index (χ1v) is 10.8. The van der Waals surface area contributed by atoms with E-state index in [2.05, 4.69) is 20.7 Å². The number of nitrogens with one attached hydrogen (secondary N) is 2. The first-order valence-electron chi connectivity index (χ1n) is 10.8. The number of ether oxygens (including phenoxy) is 1. The summed E-state index contributed by atoms with van der Waals surface area (Å²) in [5.74, 6) is -0.0693. The Labute approximate surface area is 193 Å². The predicted molar refractivity (Wildman–Crippen MR) is 128 cm³/mol. The molecule has 0 aliphatic rings. The number of aryl methyl sites for hydroxylation is 4. The van der Waals surface area contributed by atoms with Crippen LogP contribution in [0.2, 0.25) is 0 Å². The Morgan fingerprint density at radius 1 is 1.15 bits per heavy atom. The fourth-order valence-corrected chi connectivity index (χ4v) is 3.50. The Balaban J connectivity index is 1.94. The molecule has 3 aromatic rings. The smallest absolute Gasteiger partial charge is 0.258 e. The number of carbonyl (C=O) groups is 1. The second kappa shape index (κ2) is 10.3. The van der Waals surface area contributed by atoms with E-state index >= 15 is 0 Å². The minimum atomic E-state index is -0.468. The van der Waals surface area contributed by atoms with Gasteiger partial charge in [-0.25, -0.2) is 9.38 Å². The van der Waals surface area contributed by atoms with Crippen molar-refractivity contribution in [3.05, 3.63) is 75.9 Å². The molecule has 0 saturated heterocycles. The van der Waals surface area contributed by atoms with Crippen LogP contribution in [0.4, 0.5) is 10.1 Å². The van der Waals surface area contributed by atoms with Crippen LogP contribution in [0.5, 0.6) is 5.75 Å². The van der Waals surface area contributed by atoms with Crippen LogP contribution in [0, 0.1) is 33.5 Å². The third kappa shape index (κ3) is 5.58. The molecule has 0 saturated carbocycles. The first kappa shape index (κ1) is 24.0. The summed E-state index contributed by atoms with van der Waals surface area (Å²) in [6.45, 7) is 10.7. The lowest BCUT2D eigenvalue weighted by atomic mass is 10.1. The Kier molecular flexibility index (Phi) is 7.48. The molecule has 0 atom stereocenters. The van der Waals surface area contributed by atoms with Gasteiger partial charge in [0.2, 0.25) is 5.96 Å². The van der Waals surface area contributed by atoms with Crippen molar-refractivity contribution < 1.29 is 13.9 Å². The summed E-state index contributed by atoms with van der Waals surface area (Å²) in [5.41, 5.74) is 5.25. The normalized spacial score (nSPS) is 11.4. The second-order valence-corrected chi connectivity index (χ2v) is 7.88. The van der Waals surface area contributed by atoms with Crippen LogP contribution in [0.25, 0.3) is 0 Å². The molecular formula is C25H30FN5O2. The molecule has 8 heteroatoms. The summed E-state index contributed by atoms with van der Waals surface area (Å²) in [7, 11) is 1.58. The quantitative estimate of drug-likeness (QED) is 0.421. The zero-order chi connectivity index (χ0) is 24.1. The van der Waals surface area contributed by atoms with Crippen molar-refractivity contribution in [3.8, 4) is 5.75 Å². The number of guanidine groups is 1. The topological polar surface area (TPSA) is 80.5 Å². The molecule has 1 heterocycles. The van der Waals surface area contributed by atoms with Gasteiger partial charge in [-0.15, -0.1) is 0 Å². The van der Waals surface area contributed by atoms with Gasteiger partial charge in [0.05, 0.1) is 25.0 Å². The van der Waals surface area contributed by atoms with E-state index in [1.165, 1.54) is 6.07 Å². The molecule has 0 bridgehead atoms. The first-order chi connectivity index (χ1) is 15.7. The maximum Gasteiger partial charge on any atom is 0.258 e. The molecule has 0 fully saturated rings. The van der Waals surface area contributed by atoms with Crippen molar-refractivity contribution in [1.82, 2.24) is 15.1 Å². The van der Waals surface area contributed by atoms with Crippen molar-refractivity contribution in [1.29, 1.82) is 0 Å². The molecule has 1 aromatic heterocycles. The highest BCUT2D eigenvalue weighted by molar-refractivity contribution is 6.10. The Hall–Kier alpha value is -3.68. The Morgan fingerprint density at radius 2 is 1.91 bits per heavy atom. The van der Waals surface area contributed by atoms with E-state index in [9.17, 15) is 9.18 Å². The average Bonchev–Trinajstić information content (AvgIpc) is 3.06. The number of amides is 1. The number of rotatable bonds is 6. The lowest BCUT2D eigenvalue weighted by molar-refractivity contribution is 0.0976. The molecule has 0 aliphatic heterocycles. The number of halogens is 1. The van der Waals surface area contributed by atoms with E-state index in [0.717, 1.165) is 29.1 Å². The number of hydrogen-bond donors (Lipinski definition) is 2. The number of methoxy groups -OCH3 is 1. The molecule has 0 radical (unpaired) electrons. The third-order valence-corrected chi connectivity index (χ3v) is 5.50. The van der Waals surface area contributed by atoms with E-state index < -0.39 is 11.7 Å². The monoisotopic (exact) mass is 451 g/mol. The third-order valence-electron chi connectivity index (χ3n) is 5.50. The molecule has 0 aliphatic carbocycles. The SMILES string of the molecule is CCn1nc(C)c(CN=C(NC(=O)c2ccc(C)c(F)c2)Nc2cc(C)ccc2OC)c1C. The molecule has 3 rings (SSSR count). The van der Waals surface area contributed by atoms with Crippen LogP contribution in [0.15, 0.2) is 41.4 Å². The van der Waals surface area contributed by atoms with E-state index in [4.69, 9.17) is 4.74 Å². The van der Waals surface area contributed by atoms with E-state index in [-0.39, 0.29) is 11.5 Å². The summed E-state index contributed by atoms with van der Waals surface area (Å²) in [5, 5.41) is 10.5. The van der Waals surface area contributed by atoms with Crippen LogP contribution in [-0.4, -0.2) is 28.8 Å².